The molecule has 0 radical (unpaired) electrons. The predicted octanol–water partition coefficient (Wildman–Crippen LogP) is 3.24. The van der Waals surface area contributed by atoms with E-state index in [-0.39, 0.29) is 29.9 Å². The van der Waals surface area contributed by atoms with Crippen LogP contribution in [0.3, 0.4) is 0 Å². The summed E-state index contributed by atoms with van der Waals surface area (Å²) in [6.07, 6.45) is 6.61. The predicted molar refractivity (Wildman–Crippen MR) is 131 cm³/mol. The molecule has 2 rings (SSSR count). The molecule has 0 atom stereocenters. The quantitative estimate of drug-likeness (QED) is 0.180. The van der Waals surface area contributed by atoms with Crippen LogP contribution in [-0.4, -0.2) is 74.7 Å². The summed E-state index contributed by atoms with van der Waals surface area (Å²) in [4.78, 5) is 20.7. The molecule has 1 N–H and O–H groups in total. The van der Waals surface area contributed by atoms with E-state index in [9.17, 15) is 4.79 Å². The molecule has 0 bridgehead atoms. The summed E-state index contributed by atoms with van der Waals surface area (Å²) in [6, 6.07) is 10.4. The lowest BCUT2D eigenvalue weighted by Crippen LogP contribution is -2.52. The second-order valence-corrected chi connectivity index (χ2v) is 6.87. The van der Waals surface area contributed by atoms with Gasteiger partial charge in [0, 0.05) is 52.2 Å². The van der Waals surface area contributed by atoms with Gasteiger partial charge in [0.05, 0.1) is 7.11 Å². The molecule has 0 amide bonds. The summed E-state index contributed by atoms with van der Waals surface area (Å²) in [6.45, 7) is 8.69. The molecule has 1 aromatic rings. The van der Waals surface area contributed by atoms with Crippen LogP contribution in [0, 0.1) is 0 Å². The van der Waals surface area contributed by atoms with Gasteiger partial charge in [-0.3, -0.25) is 14.7 Å². The summed E-state index contributed by atoms with van der Waals surface area (Å²) in [7, 11) is 1.43. The standard InChI is InChI=1S/C22H34N4O2.HI/c1-3-23-22(24-14-8-7-13-21(27)28-2)26-18-16-25(17-19-26)15-9-12-20-10-5-4-6-11-20;/h4-6,9-12H,3,7-8,13-19H2,1-2H3,(H,23,24);1H/b12-9+;. The summed E-state index contributed by atoms with van der Waals surface area (Å²) < 4.78 is 4.67. The Labute approximate surface area is 192 Å². The van der Waals surface area contributed by atoms with Gasteiger partial charge in [-0.15, -0.1) is 24.0 Å². The smallest absolute Gasteiger partial charge is 0.305 e. The van der Waals surface area contributed by atoms with E-state index in [1.807, 2.05) is 6.07 Å². The maximum absolute atomic E-state index is 11.2. The van der Waals surface area contributed by atoms with E-state index in [2.05, 4.69) is 63.2 Å². The number of guanidine groups is 1. The number of methoxy groups -OCH3 is 1. The zero-order chi connectivity index (χ0) is 20.0. The summed E-state index contributed by atoms with van der Waals surface area (Å²) in [5, 5.41) is 3.39. The van der Waals surface area contributed by atoms with E-state index in [0.717, 1.165) is 64.6 Å². The Morgan fingerprint density at radius 2 is 1.90 bits per heavy atom. The van der Waals surface area contributed by atoms with Gasteiger partial charge >= 0.3 is 5.97 Å². The van der Waals surface area contributed by atoms with Gasteiger partial charge in [-0.2, -0.15) is 0 Å². The number of benzene rings is 1. The average Bonchev–Trinajstić information content (AvgIpc) is 2.74. The van der Waals surface area contributed by atoms with Gasteiger partial charge in [0.25, 0.3) is 0 Å². The van der Waals surface area contributed by atoms with Crippen LogP contribution in [-0.2, 0) is 9.53 Å². The molecule has 1 saturated heterocycles. The highest BCUT2D eigenvalue weighted by Crippen LogP contribution is 2.06. The summed E-state index contributed by atoms with van der Waals surface area (Å²) in [5.41, 5.74) is 1.25. The molecule has 1 aliphatic heterocycles. The van der Waals surface area contributed by atoms with Crippen LogP contribution < -0.4 is 5.32 Å². The van der Waals surface area contributed by atoms with E-state index < -0.39 is 0 Å². The molecule has 1 aliphatic rings. The Morgan fingerprint density at radius 3 is 2.55 bits per heavy atom. The first-order valence-electron chi connectivity index (χ1n) is 10.3. The van der Waals surface area contributed by atoms with E-state index in [4.69, 9.17) is 4.99 Å². The monoisotopic (exact) mass is 514 g/mol. The molecule has 0 spiro atoms. The first kappa shape index (κ1) is 25.4. The van der Waals surface area contributed by atoms with E-state index in [1.165, 1.54) is 12.7 Å². The Morgan fingerprint density at radius 1 is 1.17 bits per heavy atom. The third-order valence-corrected chi connectivity index (χ3v) is 4.76. The lowest BCUT2D eigenvalue weighted by atomic mass is 10.2. The average molecular weight is 514 g/mol. The molecule has 0 aliphatic carbocycles. The zero-order valence-electron chi connectivity index (χ0n) is 17.7. The molecular weight excluding hydrogens is 479 g/mol. The van der Waals surface area contributed by atoms with E-state index >= 15 is 0 Å². The third kappa shape index (κ3) is 10.1. The van der Waals surface area contributed by atoms with Crippen molar-refractivity contribution < 1.29 is 9.53 Å². The Hall–Kier alpha value is -1.61. The van der Waals surface area contributed by atoms with Crippen molar-refractivity contribution in [3.8, 4) is 0 Å². The number of nitrogens with zero attached hydrogens (tertiary/aromatic N) is 3. The van der Waals surface area contributed by atoms with Gasteiger partial charge < -0.3 is 15.0 Å². The lowest BCUT2D eigenvalue weighted by Gasteiger charge is -2.36. The van der Waals surface area contributed by atoms with Crippen molar-refractivity contribution in [2.24, 2.45) is 4.99 Å². The number of unbranched alkanes of at least 4 members (excludes halogenated alkanes) is 1. The number of esters is 1. The first-order chi connectivity index (χ1) is 13.7. The number of ether oxygens (including phenoxy) is 1. The van der Waals surface area contributed by atoms with Crippen LogP contribution in [0.25, 0.3) is 6.08 Å². The fourth-order valence-corrected chi connectivity index (χ4v) is 3.14. The fourth-order valence-electron chi connectivity index (χ4n) is 3.14. The number of halogens is 1. The molecule has 0 saturated carbocycles. The third-order valence-electron chi connectivity index (χ3n) is 4.76. The van der Waals surface area contributed by atoms with Crippen molar-refractivity contribution in [1.29, 1.82) is 0 Å². The van der Waals surface area contributed by atoms with Crippen molar-refractivity contribution in [3.63, 3.8) is 0 Å². The van der Waals surface area contributed by atoms with Crippen LogP contribution in [0.2, 0.25) is 0 Å². The number of hydrogen-bond donors (Lipinski definition) is 1. The SMILES string of the molecule is CCNC(=NCCCCC(=O)OC)N1CCN(C/C=C/c2ccccc2)CC1.I. The largest absolute Gasteiger partial charge is 0.469 e. The molecule has 7 heteroatoms. The summed E-state index contributed by atoms with van der Waals surface area (Å²) in [5.74, 6) is 0.841. The molecule has 29 heavy (non-hydrogen) atoms. The number of carbonyl (C=O) groups is 1. The Kier molecular flexibility index (Phi) is 13.4. The number of rotatable bonds is 9. The van der Waals surface area contributed by atoms with Gasteiger partial charge in [0.2, 0.25) is 0 Å². The van der Waals surface area contributed by atoms with Gasteiger partial charge in [-0.05, 0) is 25.3 Å². The molecule has 1 fully saturated rings. The number of nitrogens with one attached hydrogen (secondary N) is 1. The van der Waals surface area contributed by atoms with Gasteiger partial charge in [-0.25, -0.2) is 0 Å². The highest BCUT2D eigenvalue weighted by Gasteiger charge is 2.18. The molecule has 1 heterocycles. The van der Waals surface area contributed by atoms with E-state index in [0.29, 0.717) is 6.42 Å². The minimum absolute atomic E-state index is 0. The summed E-state index contributed by atoms with van der Waals surface area (Å²) >= 11 is 0. The lowest BCUT2D eigenvalue weighted by molar-refractivity contribution is -0.140. The van der Waals surface area contributed by atoms with Crippen LogP contribution in [0.1, 0.15) is 31.7 Å². The molecule has 6 nitrogen and oxygen atoms in total. The minimum Gasteiger partial charge on any atom is -0.469 e. The van der Waals surface area contributed by atoms with Gasteiger partial charge in [-0.1, -0.05) is 42.5 Å². The molecule has 162 valence electrons. The second kappa shape index (κ2) is 15.3. The Balaban J connectivity index is 0.00000420. The maximum Gasteiger partial charge on any atom is 0.305 e. The minimum atomic E-state index is -0.145. The van der Waals surface area contributed by atoms with Gasteiger partial charge in [0.1, 0.15) is 0 Å². The number of aliphatic imine (C=N–C) groups is 1. The molecule has 0 aromatic heterocycles. The zero-order valence-corrected chi connectivity index (χ0v) is 20.0. The highest BCUT2D eigenvalue weighted by atomic mass is 127. The number of carbonyl (C=O) groups excluding carboxylic acids is 1. The van der Waals surface area contributed by atoms with Crippen molar-refractivity contribution in [3.05, 3.63) is 42.0 Å². The Bertz CT molecular complexity index is 629. The normalized spacial score (nSPS) is 15.2. The topological polar surface area (TPSA) is 57.2 Å². The number of piperazine rings is 1. The van der Waals surface area contributed by atoms with E-state index in [1.54, 1.807) is 0 Å². The van der Waals surface area contributed by atoms with Crippen molar-refractivity contribution >= 4 is 42.0 Å². The molecule has 1 aromatic carbocycles. The second-order valence-electron chi connectivity index (χ2n) is 6.87. The van der Waals surface area contributed by atoms with Crippen LogP contribution in [0.15, 0.2) is 41.4 Å². The fraction of sp³-hybridized carbons (Fsp3) is 0.545. The number of hydrogen-bond acceptors (Lipinski definition) is 4. The highest BCUT2D eigenvalue weighted by molar-refractivity contribution is 14.0. The van der Waals surface area contributed by atoms with Crippen LogP contribution in [0.4, 0.5) is 0 Å². The maximum atomic E-state index is 11.2. The van der Waals surface area contributed by atoms with Gasteiger partial charge in [0.15, 0.2) is 5.96 Å². The van der Waals surface area contributed by atoms with Crippen molar-refractivity contribution in [2.75, 3.05) is 52.9 Å². The van der Waals surface area contributed by atoms with Crippen molar-refractivity contribution in [2.45, 2.75) is 26.2 Å². The molecule has 0 unspecified atom stereocenters. The van der Waals surface area contributed by atoms with Crippen molar-refractivity contribution in [1.82, 2.24) is 15.1 Å². The van der Waals surface area contributed by atoms with Crippen LogP contribution >= 0.6 is 24.0 Å². The van der Waals surface area contributed by atoms with Crippen LogP contribution in [0.5, 0.6) is 0 Å². The first-order valence-corrected chi connectivity index (χ1v) is 10.3. The molecular formula is C22H35IN4O2.